The largest absolute Gasteiger partial charge is 0.465 e. The number of carbonyl (C=O) groups is 2. The predicted octanol–water partition coefficient (Wildman–Crippen LogP) is 0.518. The topological polar surface area (TPSA) is 92.8 Å². The van der Waals surface area contributed by atoms with Crippen molar-refractivity contribution < 1.29 is 22.7 Å². The third kappa shape index (κ3) is 4.20. The van der Waals surface area contributed by atoms with Crippen LogP contribution in [0.5, 0.6) is 0 Å². The van der Waals surface area contributed by atoms with Crippen LogP contribution < -0.4 is 9.62 Å². The normalized spacial score (nSPS) is 14.3. The van der Waals surface area contributed by atoms with Crippen molar-refractivity contribution in [2.45, 2.75) is 18.9 Å². The lowest BCUT2D eigenvalue weighted by molar-refractivity contribution is -0.119. The molecule has 1 fully saturated rings. The molecule has 7 nitrogen and oxygen atoms in total. The Bertz CT molecular complexity index is 682. The molecule has 1 aliphatic rings. The van der Waals surface area contributed by atoms with Crippen LogP contribution in [0.4, 0.5) is 5.69 Å². The molecule has 0 aromatic heterocycles. The fourth-order valence-corrected chi connectivity index (χ4v) is 2.79. The molecule has 1 aliphatic carbocycles. The van der Waals surface area contributed by atoms with E-state index in [0.29, 0.717) is 0 Å². The van der Waals surface area contributed by atoms with Gasteiger partial charge >= 0.3 is 5.97 Å². The summed E-state index contributed by atoms with van der Waals surface area (Å²) in [6.45, 7) is -0.319. The Morgan fingerprint density at radius 2 is 2.05 bits per heavy atom. The standard InChI is InChI=1S/C14H18N2O5S/c1-21-14(18)10-4-3-5-12(8-10)16(22(2,19)20)9-13(17)15-11-6-7-11/h3-5,8,11H,6-7,9H2,1-2H3,(H,15,17). The van der Waals surface area contributed by atoms with Crippen LogP contribution in [-0.2, 0) is 19.6 Å². The molecule has 1 amide bonds. The zero-order valence-corrected chi connectivity index (χ0v) is 13.2. The van der Waals surface area contributed by atoms with Gasteiger partial charge in [-0.05, 0) is 31.0 Å². The number of nitrogens with one attached hydrogen (secondary N) is 1. The summed E-state index contributed by atoms with van der Waals surface area (Å²) in [6, 6.07) is 6.11. The summed E-state index contributed by atoms with van der Waals surface area (Å²) in [5.74, 6) is -0.936. The van der Waals surface area contributed by atoms with E-state index in [9.17, 15) is 18.0 Å². The molecule has 120 valence electrons. The van der Waals surface area contributed by atoms with Gasteiger partial charge in [0.2, 0.25) is 15.9 Å². The van der Waals surface area contributed by atoms with Crippen molar-refractivity contribution >= 4 is 27.6 Å². The summed E-state index contributed by atoms with van der Waals surface area (Å²) < 4.78 is 29.5. The molecular weight excluding hydrogens is 308 g/mol. The van der Waals surface area contributed by atoms with Crippen molar-refractivity contribution in [1.29, 1.82) is 0 Å². The molecule has 1 saturated carbocycles. The first-order chi connectivity index (χ1) is 10.3. The van der Waals surface area contributed by atoms with Crippen LogP contribution in [0.25, 0.3) is 0 Å². The quantitative estimate of drug-likeness (QED) is 0.769. The van der Waals surface area contributed by atoms with E-state index in [1.165, 1.54) is 25.3 Å². The molecule has 1 aromatic carbocycles. The van der Waals surface area contributed by atoms with Crippen LogP contribution in [0.1, 0.15) is 23.2 Å². The molecule has 0 saturated heterocycles. The zero-order valence-electron chi connectivity index (χ0n) is 12.4. The Kier molecular flexibility index (Phi) is 4.70. The van der Waals surface area contributed by atoms with E-state index in [1.807, 2.05) is 0 Å². The maximum absolute atomic E-state index is 11.9. The van der Waals surface area contributed by atoms with Crippen molar-refractivity contribution in [3.63, 3.8) is 0 Å². The van der Waals surface area contributed by atoms with Gasteiger partial charge in [0.05, 0.1) is 24.6 Å². The third-order valence-electron chi connectivity index (χ3n) is 3.19. The molecule has 1 N–H and O–H groups in total. The number of rotatable bonds is 6. The Labute approximate surface area is 129 Å². The minimum absolute atomic E-state index is 0.148. The van der Waals surface area contributed by atoms with Crippen molar-refractivity contribution in [1.82, 2.24) is 5.32 Å². The minimum Gasteiger partial charge on any atom is -0.465 e. The second-order valence-corrected chi connectivity index (χ2v) is 7.06. The average molecular weight is 326 g/mol. The fourth-order valence-electron chi connectivity index (χ4n) is 1.94. The lowest BCUT2D eigenvalue weighted by Gasteiger charge is -2.22. The van der Waals surface area contributed by atoms with E-state index < -0.39 is 16.0 Å². The van der Waals surface area contributed by atoms with Gasteiger partial charge in [-0.25, -0.2) is 13.2 Å². The maximum atomic E-state index is 11.9. The molecule has 0 unspecified atom stereocenters. The summed E-state index contributed by atoms with van der Waals surface area (Å²) in [7, 11) is -2.41. The first kappa shape index (κ1) is 16.3. The molecule has 0 bridgehead atoms. The smallest absolute Gasteiger partial charge is 0.337 e. The van der Waals surface area contributed by atoms with Gasteiger partial charge in [-0.15, -0.1) is 0 Å². The lowest BCUT2D eigenvalue weighted by Crippen LogP contribution is -2.41. The first-order valence-corrected chi connectivity index (χ1v) is 8.61. The number of hydrogen-bond donors (Lipinski definition) is 1. The Morgan fingerprint density at radius 3 is 2.59 bits per heavy atom. The van der Waals surface area contributed by atoms with Gasteiger partial charge < -0.3 is 10.1 Å². The number of anilines is 1. The SMILES string of the molecule is COC(=O)c1cccc(N(CC(=O)NC2CC2)S(C)(=O)=O)c1. The monoisotopic (exact) mass is 326 g/mol. The Balaban J connectivity index is 2.25. The van der Waals surface area contributed by atoms with Crippen molar-refractivity contribution in [3.8, 4) is 0 Å². The number of amides is 1. The van der Waals surface area contributed by atoms with Gasteiger partial charge in [-0.2, -0.15) is 0 Å². The second-order valence-electron chi connectivity index (χ2n) is 5.15. The molecule has 8 heteroatoms. The number of esters is 1. The molecular formula is C14H18N2O5S. The average Bonchev–Trinajstić information content (AvgIpc) is 3.26. The molecule has 2 rings (SSSR count). The highest BCUT2D eigenvalue weighted by Gasteiger charge is 2.27. The van der Waals surface area contributed by atoms with Gasteiger partial charge in [-0.3, -0.25) is 9.10 Å². The highest BCUT2D eigenvalue weighted by molar-refractivity contribution is 7.92. The number of nitrogens with zero attached hydrogens (tertiary/aromatic N) is 1. The molecule has 0 spiro atoms. The van der Waals surface area contributed by atoms with Gasteiger partial charge in [0.15, 0.2) is 0 Å². The molecule has 0 aliphatic heterocycles. The van der Waals surface area contributed by atoms with E-state index in [-0.39, 0.29) is 29.7 Å². The van der Waals surface area contributed by atoms with Gasteiger partial charge in [0.1, 0.15) is 6.54 Å². The highest BCUT2D eigenvalue weighted by Crippen LogP contribution is 2.21. The van der Waals surface area contributed by atoms with Crippen LogP contribution in [0.15, 0.2) is 24.3 Å². The van der Waals surface area contributed by atoms with E-state index >= 15 is 0 Å². The van der Waals surface area contributed by atoms with Gasteiger partial charge in [0, 0.05) is 6.04 Å². The molecule has 0 atom stereocenters. The summed E-state index contributed by atoms with van der Waals surface area (Å²) in [5.41, 5.74) is 0.465. The van der Waals surface area contributed by atoms with E-state index in [0.717, 1.165) is 23.4 Å². The molecule has 0 radical (unpaired) electrons. The third-order valence-corrected chi connectivity index (χ3v) is 4.33. The lowest BCUT2D eigenvalue weighted by atomic mass is 10.2. The van der Waals surface area contributed by atoms with Crippen LogP contribution >= 0.6 is 0 Å². The molecule has 0 heterocycles. The fraction of sp³-hybridized carbons (Fsp3) is 0.429. The Morgan fingerprint density at radius 1 is 1.36 bits per heavy atom. The van der Waals surface area contributed by atoms with E-state index in [4.69, 9.17) is 0 Å². The van der Waals surface area contributed by atoms with E-state index in [1.54, 1.807) is 6.07 Å². The van der Waals surface area contributed by atoms with Crippen LogP contribution in [-0.4, -0.2) is 46.2 Å². The Hall–Kier alpha value is -2.09. The molecule has 22 heavy (non-hydrogen) atoms. The zero-order chi connectivity index (χ0) is 16.3. The van der Waals surface area contributed by atoms with Crippen LogP contribution in [0.2, 0.25) is 0 Å². The van der Waals surface area contributed by atoms with Crippen LogP contribution in [0, 0.1) is 0 Å². The summed E-state index contributed by atoms with van der Waals surface area (Å²) >= 11 is 0. The highest BCUT2D eigenvalue weighted by atomic mass is 32.2. The number of ether oxygens (including phenoxy) is 1. The number of benzene rings is 1. The van der Waals surface area contributed by atoms with E-state index in [2.05, 4.69) is 10.1 Å². The van der Waals surface area contributed by atoms with Crippen LogP contribution in [0.3, 0.4) is 0 Å². The van der Waals surface area contributed by atoms with Crippen molar-refractivity contribution in [2.75, 3.05) is 24.2 Å². The maximum Gasteiger partial charge on any atom is 0.337 e. The predicted molar refractivity (Wildman–Crippen MR) is 81.1 cm³/mol. The first-order valence-electron chi connectivity index (χ1n) is 6.76. The van der Waals surface area contributed by atoms with Gasteiger partial charge in [0.25, 0.3) is 0 Å². The number of carbonyl (C=O) groups excluding carboxylic acids is 2. The minimum atomic E-state index is -3.66. The van der Waals surface area contributed by atoms with Crippen molar-refractivity contribution in [3.05, 3.63) is 29.8 Å². The second kappa shape index (κ2) is 6.35. The van der Waals surface area contributed by atoms with Gasteiger partial charge in [-0.1, -0.05) is 6.07 Å². The summed E-state index contributed by atoms with van der Waals surface area (Å²) in [6.07, 6.45) is 2.85. The number of sulfonamides is 1. The van der Waals surface area contributed by atoms with Crippen molar-refractivity contribution in [2.24, 2.45) is 0 Å². The number of methoxy groups -OCH3 is 1. The number of hydrogen-bond acceptors (Lipinski definition) is 5. The molecule has 1 aromatic rings. The summed E-state index contributed by atoms with van der Waals surface area (Å²) in [4.78, 5) is 23.4. The summed E-state index contributed by atoms with van der Waals surface area (Å²) in [5, 5.41) is 2.74.